The van der Waals surface area contributed by atoms with Crippen LogP contribution < -0.4 is 10.5 Å². The summed E-state index contributed by atoms with van der Waals surface area (Å²) in [4.78, 5) is 23.6. The van der Waals surface area contributed by atoms with Gasteiger partial charge in [0.2, 0.25) is 10.0 Å². The zero-order chi connectivity index (χ0) is 19.2. The molecule has 0 spiro atoms. The summed E-state index contributed by atoms with van der Waals surface area (Å²) in [6.45, 7) is -0.367. The van der Waals surface area contributed by atoms with Gasteiger partial charge in [-0.2, -0.15) is 0 Å². The van der Waals surface area contributed by atoms with E-state index in [1.165, 1.54) is 12.1 Å². The molecule has 0 saturated carbocycles. The summed E-state index contributed by atoms with van der Waals surface area (Å²) in [6, 6.07) is 13.2. The van der Waals surface area contributed by atoms with E-state index in [0.717, 1.165) is 9.13 Å². The van der Waals surface area contributed by atoms with Gasteiger partial charge in [0.1, 0.15) is 0 Å². The quantitative estimate of drug-likeness (QED) is 0.458. The van der Waals surface area contributed by atoms with Crippen LogP contribution in [0.25, 0.3) is 0 Å². The molecule has 0 aliphatic carbocycles. The minimum absolute atomic E-state index is 0.0102. The maximum atomic E-state index is 11.8. The number of primary sulfonamides is 1. The van der Waals surface area contributed by atoms with Crippen LogP contribution in [0.5, 0.6) is 0 Å². The second-order valence-corrected chi connectivity index (χ2v) is 8.10. The van der Waals surface area contributed by atoms with Crippen LogP contribution in [0.2, 0.25) is 0 Å². The number of amides is 1. The molecule has 2 aromatic carbocycles. The monoisotopic (exact) mass is 488 g/mol. The molecule has 2 rings (SSSR count). The van der Waals surface area contributed by atoms with Crippen molar-refractivity contribution in [1.29, 1.82) is 0 Å². The van der Waals surface area contributed by atoms with Gasteiger partial charge in [0, 0.05) is 9.99 Å². The minimum atomic E-state index is -3.73. The lowest BCUT2D eigenvalue weighted by atomic mass is 10.1. The average Bonchev–Trinajstić information content (AvgIpc) is 2.60. The fourth-order valence-corrected chi connectivity index (χ4v) is 3.10. The van der Waals surface area contributed by atoms with Gasteiger partial charge >= 0.3 is 5.97 Å². The van der Waals surface area contributed by atoms with Crippen molar-refractivity contribution in [3.63, 3.8) is 0 Å². The van der Waals surface area contributed by atoms with E-state index >= 15 is 0 Å². The Morgan fingerprint density at radius 1 is 1.08 bits per heavy atom. The third-order valence-corrected chi connectivity index (χ3v) is 5.25. The Labute approximate surface area is 165 Å². The molecular formula is C17H17IN2O5S. The zero-order valence-electron chi connectivity index (χ0n) is 13.6. The van der Waals surface area contributed by atoms with Gasteiger partial charge < -0.3 is 10.1 Å². The number of esters is 1. The summed E-state index contributed by atoms with van der Waals surface area (Å²) < 4.78 is 28.2. The number of rotatable bonds is 7. The van der Waals surface area contributed by atoms with Crippen LogP contribution in [-0.4, -0.2) is 26.9 Å². The number of hydrogen-bond acceptors (Lipinski definition) is 5. The number of anilines is 1. The summed E-state index contributed by atoms with van der Waals surface area (Å²) in [7, 11) is -3.73. The van der Waals surface area contributed by atoms with Crippen LogP contribution >= 0.6 is 22.6 Å². The predicted octanol–water partition coefficient (Wildman–Crippen LogP) is 2.05. The van der Waals surface area contributed by atoms with E-state index in [4.69, 9.17) is 9.88 Å². The first-order valence-corrected chi connectivity index (χ1v) is 10.2. The molecule has 1 amide bonds. The molecule has 7 nitrogen and oxygen atoms in total. The van der Waals surface area contributed by atoms with Gasteiger partial charge in [0.25, 0.3) is 5.91 Å². The zero-order valence-corrected chi connectivity index (χ0v) is 16.6. The number of halogens is 1. The van der Waals surface area contributed by atoms with Crippen molar-refractivity contribution in [3.05, 3.63) is 57.7 Å². The summed E-state index contributed by atoms with van der Waals surface area (Å²) in [5, 5.41) is 7.69. The standard InChI is InChI=1S/C17H17IN2O5S/c18-14-3-1-2-4-15(14)20-16(21)11-25-17(22)10-7-12-5-8-13(9-6-12)26(19,23)24/h1-6,8-9H,7,10-11H2,(H,20,21)(H2,19,23,24). The smallest absolute Gasteiger partial charge is 0.306 e. The number of aryl methyl sites for hydroxylation is 1. The van der Waals surface area contributed by atoms with Crippen molar-refractivity contribution in [2.75, 3.05) is 11.9 Å². The lowest BCUT2D eigenvalue weighted by Crippen LogP contribution is -2.21. The lowest BCUT2D eigenvalue weighted by Gasteiger charge is -2.08. The molecule has 9 heteroatoms. The first-order chi connectivity index (χ1) is 12.3. The first-order valence-electron chi connectivity index (χ1n) is 7.57. The SMILES string of the molecule is NS(=O)(=O)c1ccc(CCC(=O)OCC(=O)Nc2ccccc2I)cc1. The second-order valence-electron chi connectivity index (χ2n) is 5.38. The maximum Gasteiger partial charge on any atom is 0.306 e. The molecule has 0 saturated heterocycles. The van der Waals surface area contributed by atoms with Crippen LogP contribution in [0.3, 0.4) is 0 Å². The Hall–Kier alpha value is -1.98. The van der Waals surface area contributed by atoms with E-state index in [1.807, 2.05) is 12.1 Å². The van der Waals surface area contributed by atoms with Gasteiger partial charge in [-0.25, -0.2) is 13.6 Å². The Bertz CT molecular complexity index is 898. The minimum Gasteiger partial charge on any atom is -0.456 e. The van der Waals surface area contributed by atoms with Crippen molar-refractivity contribution >= 4 is 50.2 Å². The van der Waals surface area contributed by atoms with E-state index in [9.17, 15) is 18.0 Å². The number of carbonyl (C=O) groups excluding carboxylic acids is 2. The molecule has 2 aromatic rings. The van der Waals surface area contributed by atoms with Gasteiger partial charge in [0.05, 0.1) is 10.6 Å². The number of benzene rings is 2. The normalized spacial score (nSPS) is 11.0. The van der Waals surface area contributed by atoms with Crippen LogP contribution in [0.1, 0.15) is 12.0 Å². The van der Waals surface area contributed by atoms with Crippen molar-refractivity contribution in [3.8, 4) is 0 Å². The fraction of sp³-hybridized carbons (Fsp3) is 0.176. The summed E-state index contributed by atoms with van der Waals surface area (Å²) in [5.74, 6) is -0.932. The van der Waals surface area contributed by atoms with E-state index in [-0.39, 0.29) is 17.9 Å². The molecule has 0 fully saturated rings. The number of nitrogens with one attached hydrogen (secondary N) is 1. The van der Waals surface area contributed by atoms with Gasteiger partial charge in [-0.15, -0.1) is 0 Å². The highest BCUT2D eigenvalue weighted by Gasteiger charge is 2.11. The topological polar surface area (TPSA) is 116 Å². The molecule has 0 heterocycles. The number of ether oxygens (including phenoxy) is 1. The molecule has 138 valence electrons. The number of para-hydroxylation sites is 1. The summed E-state index contributed by atoms with van der Waals surface area (Å²) >= 11 is 2.09. The van der Waals surface area contributed by atoms with Crippen LogP contribution in [0.15, 0.2) is 53.4 Å². The summed E-state index contributed by atoms with van der Waals surface area (Å²) in [5.41, 5.74) is 1.42. The number of carbonyl (C=O) groups is 2. The van der Waals surface area contributed by atoms with Gasteiger partial charge in [0.15, 0.2) is 6.61 Å². The molecule has 0 bridgehead atoms. The molecule has 0 radical (unpaired) electrons. The molecular weight excluding hydrogens is 471 g/mol. The highest BCUT2D eigenvalue weighted by Crippen LogP contribution is 2.16. The van der Waals surface area contributed by atoms with Gasteiger partial charge in [-0.1, -0.05) is 24.3 Å². The van der Waals surface area contributed by atoms with E-state index < -0.39 is 21.9 Å². The number of hydrogen-bond donors (Lipinski definition) is 2. The molecule has 0 aromatic heterocycles. The van der Waals surface area contributed by atoms with Gasteiger partial charge in [-0.3, -0.25) is 9.59 Å². The fourth-order valence-electron chi connectivity index (χ4n) is 2.06. The van der Waals surface area contributed by atoms with Crippen LogP contribution in [0, 0.1) is 3.57 Å². The third-order valence-electron chi connectivity index (χ3n) is 3.38. The molecule has 0 aliphatic heterocycles. The molecule has 0 atom stereocenters. The van der Waals surface area contributed by atoms with Crippen molar-refractivity contribution in [1.82, 2.24) is 0 Å². The Morgan fingerprint density at radius 3 is 2.35 bits per heavy atom. The van der Waals surface area contributed by atoms with Crippen molar-refractivity contribution in [2.24, 2.45) is 5.14 Å². The highest BCUT2D eigenvalue weighted by molar-refractivity contribution is 14.1. The van der Waals surface area contributed by atoms with E-state index in [2.05, 4.69) is 27.9 Å². The second kappa shape index (κ2) is 9.10. The van der Waals surface area contributed by atoms with Crippen LogP contribution in [0.4, 0.5) is 5.69 Å². The Kier molecular flexibility index (Phi) is 7.12. The Balaban J connectivity index is 1.77. The summed E-state index contributed by atoms with van der Waals surface area (Å²) in [6.07, 6.45) is 0.437. The highest BCUT2D eigenvalue weighted by atomic mass is 127. The largest absolute Gasteiger partial charge is 0.456 e. The predicted molar refractivity (Wildman–Crippen MR) is 105 cm³/mol. The Morgan fingerprint density at radius 2 is 1.73 bits per heavy atom. The lowest BCUT2D eigenvalue weighted by molar-refractivity contribution is -0.147. The first kappa shape index (κ1) is 20.3. The molecule has 0 aliphatic rings. The van der Waals surface area contributed by atoms with E-state index in [1.54, 1.807) is 24.3 Å². The molecule has 0 unspecified atom stereocenters. The van der Waals surface area contributed by atoms with E-state index in [0.29, 0.717) is 12.1 Å². The maximum absolute atomic E-state index is 11.8. The van der Waals surface area contributed by atoms with Crippen molar-refractivity contribution < 1.29 is 22.7 Å². The number of sulfonamides is 1. The van der Waals surface area contributed by atoms with Gasteiger partial charge in [-0.05, 0) is 58.8 Å². The van der Waals surface area contributed by atoms with Crippen molar-refractivity contribution in [2.45, 2.75) is 17.7 Å². The molecule has 3 N–H and O–H groups in total. The third kappa shape index (κ3) is 6.39. The number of nitrogens with two attached hydrogens (primary N) is 1. The molecule has 26 heavy (non-hydrogen) atoms. The average molecular weight is 488 g/mol. The van der Waals surface area contributed by atoms with Crippen LogP contribution in [-0.2, 0) is 30.8 Å².